The number of aliphatic hydroxyl groups is 1. The van der Waals surface area contributed by atoms with E-state index in [1.807, 2.05) is 43.3 Å². The second-order valence-corrected chi connectivity index (χ2v) is 9.50. The summed E-state index contributed by atoms with van der Waals surface area (Å²) in [6, 6.07) is 16.2. The minimum atomic E-state index is -3.36. The number of hydrogen-bond acceptors (Lipinski definition) is 3. The number of nitrogens with zero attached hydrogens (tertiary/aromatic N) is 2. The summed E-state index contributed by atoms with van der Waals surface area (Å²) in [7, 11) is -3.36. The van der Waals surface area contributed by atoms with Crippen LogP contribution in [0.25, 0.3) is 21.8 Å². The van der Waals surface area contributed by atoms with Gasteiger partial charge >= 0.3 is 0 Å². The van der Waals surface area contributed by atoms with Crippen molar-refractivity contribution in [3.05, 3.63) is 48.5 Å². The van der Waals surface area contributed by atoms with Crippen LogP contribution in [0.1, 0.15) is 19.8 Å². The minimum absolute atomic E-state index is 0.121. The third kappa shape index (κ3) is 3.02. The average Bonchev–Trinajstić information content (AvgIpc) is 3.27. The highest BCUT2D eigenvalue weighted by molar-refractivity contribution is 7.88. The highest BCUT2D eigenvalue weighted by atomic mass is 32.2. The maximum Gasteiger partial charge on any atom is 0.211 e. The molecule has 1 aromatic heterocycles. The average molecular weight is 372 g/mol. The van der Waals surface area contributed by atoms with Gasteiger partial charge in [-0.15, -0.1) is 0 Å². The Morgan fingerprint density at radius 2 is 1.58 bits per heavy atom. The van der Waals surface area contributed by atoms with Gasteiger partial charge in [-0.3, -0.25) is 0 Å². The van der Waals surface area contributed by atoms with E-state index in [9.17, 15) is 13.5 Å². The van der Waals surface area contributed by atoms with Crippen molar-refractivity contribution < 1.29 is 13.5 Å². The molecule has 2 aromatic carbocycles. The quantitative estimate of drug-likeness (QED) is 0.724. The number of β-amino-alcohol motifs (C(OH)–C–C–N with tert-alkyl or cyclic N) is 1. The van der Waals surface area contributed by atoms with E-state index in [1.165, 1.54) is 10.6 Å². The predicted molar refractivity (Wildman–Crippen MR) is 105 cm³/mol. The molecule has 3 aromatic rings. The molecule has 1 saturated carbocycles. The Bertz CT molecular complexity index is 1010. The molecule has 1 N–H and O–H groups in total. The summed E-state index contributed by atoms with van der Waals surface area (Å²) in [5.41, 5.74) is 1.77. The Balaban J connectivity index is 1.68. The fourth-order valence-electron chi connectivity index (χ4n) is 3.85. The lowest BCUT2D eigenvalue weighted by Gasteiger charge is -2.29. The highest BCUT2D eigenvalue weighted by Crippen LogP contribution is 2.42. The number of aromatic nitrogens is 1. The van der Waals surface area contributed by atoms with Gasteiger partial charge in [0.25, 0.3) is 0 Å². The monoisotopic (exact) mass is 372 g/mol. The van der Waals surface area contributed by atoms with Crippen molar-refractivity contribution in [2.45, 2.75) is 38.0 Å². The number of para-hydroxylation sites is 2. The van der Waals surface area contributed by atoms with E-state index in [-0.39, 0.29) is 12.1 Å². The molecule has 1 unspecified atom stereocenters. The first-order valence-electron chi connectivity index (χ1n) is 8.91. The molecule has 26 heavy (non-hydrogen) atoms. The second kappa shape index (κ2) is 6.08. The summed E-state index contributed by atoms with van der Waals surface area (Å²) in [6.45, 7) is 2.42. The molecular formula is C20H24N2O3S. The molecule has 4 rings (SSSR count). The molecule has 0 saturated heterocycles. The topological polar surface area (TPSA) is 62.5 Å². The maximum absolute atomic E-state index is 12.2. The van der Waals surface area contributed by atoms with Gasteiger partial charge in [-0.05, 0) is 31.9 Å². The predicted octanol–water partition coefficient (Wildman–Crippen LogP) is 2.97. The summed E-state index contributed by atoms with van der Waals surface area (Å²) < 4.78 is 27.9. The first-order chi connectivity index (χ1) is 12.3. The van der Waals surface area contributed by atoms with Crippen LogP contribution in [0.15, 0.2) is 48.5 Å². The van der Waals surface area contributed by atoms with Crippen LogP contribution in [-0.4, -0.2) is 46.8 Å². The molecule has 1 aliphatic carbocycles. The second-order valence-electron chi connectivity index (χ2n) is 7.59. The molecule has 6 heteroatoms. The molecular weight excluding hydrogens is 348 g/mol. The maximum atomic E-state index is 12.2. The van der Waals surface area contributed by atoms with Crippen molar-refractivity contribution >= 4 is 31.8 Å². The molecule has 1 atom stereocenters. The lowest BCUT2D eigenvalue weighted by Crippen LogP contribution is -2.45. The largest absolute Gasteiger partial charge is 0.390 e. The van der Waals surface area contributed by atoms with Crippen molar-refractivity contribution in [3.8, 4) is 0 Å². The van der Waals surface area contributed by atoms with Crippen LogP contribution in [0.5, 0.6) is 0 Å². The van der Waals surface area contributed by atoms with Crippen LogP contribution >= 0.6 is 0 Å². The van der Waals surface area contributed by atoms with Crippen LogP contribution in [0.4, 0.5) is 0 Å². The van der Waals surface area contributed by atoms with Gasteiger partial charge in [0.05, 0.1) is 18.9 Å². The SMILES string of the molecule is CC1(N(CC(O)Cn2c3ccccc3c3ccccc32)S(C)(=O)=O)CC1. The van der Waals surface area contributed by atoms with Crippen molar-refractivity contribution in [1.29, 1.82) is 0 Å². The van der Waals surface area contributed by atoms with Gasteiger partial charge in [-0.25, -0.2) is 8.42 Å². The van der Waals surface area contributed by atoms with E-state index >= 15 is 0 Å². The van der Waals surface area contributed by atoms with Crippen molar-refractivity contribution in [2.75, 3.05) is 12.8 Å². The fraction of sp³-hybridized carbons (Fsp3) is 0.400. The Hall–Kier alpha value is -1.89. The van der Waals surface area contributed by atoms with E-state index in [1.54, 1.807) is 0 Å². The zero-order valence-corrected chi connectivity index (χ0v) is 15.9. The normalized spacial score (nSPS) is 17.8. The molecule has 1 fully saturated rings. The number of sulfonamides is 1. The standard InChI is InChI=1S/C20H24N2O3S/c1-20(11-12-20)22(26(2,24)25)14-15(23)13-21-18-9-5-3-7-16(18)17-8-4-6-10-19(17)21/h3-10,15,23H,11-14H2,1-2H3. The van der Waals surface area contributed by atoms with Gasteiger partial charge in [0.2, 0.25) is 10.0 Å². The smallest absolute Gasteiger partial charge is 0.211 e. The number of hydrogen-bond donors (Lipinski definition) is 1. The van der Waals surface area contributed by atoms with E-state index in [0.717, 1.165) is 34.6 Å². The summed E-state index contributed by atoms with van der Waals surface area (Å²) in [4.78, 5) is 0. The van der Waals surface area contributed by atoms with Gasteiger partial charge < -0.3 is 9.67 Å². The molecule has 1 aliphatic rings. The number of rotatable bonds is 6. The van der Waals surface area contributed by atoms with E-state index < -0.39 is 16.1 Å². The van der Waals surface area contributed by atoms with Gasteiger partial charge in [-0.1, -0.05) is 36.4 Å². The van der Waals surface area contributed by atoms with Crippen LogP contribution in [0.2, 0.25) is 0 Å². The zero-order valence-electron chi connectivity index (χ0n) is 15.1. The summed E-state index contributed by atoms with van der Waals surface area (Å²) in [6.07, 6.45) is 2.15. The summed E-state index contributed by atoms with van der Waals surface area (Å²) in [5.74, 6) is 0. The van der Waals surface area contributed by atoms with Gasteiger partial charge in [0.1, 0.15) is 0 Å². The van der Waals surface area contributed by atoms with Gasteiger partial charge in [0, 0.05) is 33.9 Å². The fourth-order valence-corrected chi connectivity index (χ4v) is 5.27. The van der Waals surface area contributed by atoms with E-state index in [4.69, 9.17) is 0 Å². The summed E-state index contributed by atoms with van der Waals surface area (Å²) >= 11 is 0. The minimum Gasteiger partial charge on any atom is -0.390 e. The molecule has 5 nitrogen and oxygen atoms in total. The van der Waals surface area contributed by atoms with Gasteiger partial charge in [0.15, 0.2) is 0 Å². The molecule has 138 valence electrons. The number of fused-ring (bicyclic) bond motifs is 3. The van der Waals surface area contributed by atoms with Crippen LogP contribution < -0.4 is 0 Å². The molecule has 0 aliphatic heterocycles. The van der Waals surface area contributed by atoms with Crippen LogP contribution in [0.3, 0.4) is 0 Å². The third-order valence-electron chi connectivity index (χ3n) is 5.43. The zero-order chi connectivity index (χ0) is 18.5. The lowest BCUT2D eigenvalue weighted by atomic mass is 10.2. The molecule has 0 bridgehead atoms. The van der Waals surface area contributed by atoms with Crippen molar-refractivity contribution in [2.24, 2.45) is 0 Å². The molecule has 0 spiro atoms. The number of aliphatic hydroxyl groups excluding tert-OH is 1. The van der Waals surface area contributed by atoms with Crippen LogP contribution in [-0.2, 0) is 16.6 Å². The first kappa shape index (κ1) is 17.5. The summed E-state index contributed by atoms with van der Waals surface area (Å²) in [5, 5.41) is 13.0. The number of benzene rings is 2. The van der Waals surface area contributed by atoms with E-state index in [2.05, 4.69) is 16.7 Å². The van der Waals surface area contributed by atoms with E-state index in [0.29, 0.717) is 6.54 Å². The highest BCUT2D eigenvalue weighted by Gasteiger charge is 2.48. The Morgan fingerprint density at radius 3 is 2.04 bits per heavy atom. The first-order valence-corrected chi connectivity index (χ1v) is 10.8. The Morgan fingerprint density at radius 1 is 1.08 bits per heavy atom. The van der Waals surface area contributed by atoms with Crippen molar-refractivity contribution in [3.63, 3.8) is 0 Å². The van der Waals surface area contributed by atoms with Crippen LogP contribution in [0, 0.1) is 0 Å². The molecule has 0 radical (unpaired) electrons. The van der Waals surface area contributed by atoms with Crippen molar-refractivity contribution in [1.82, 2.24) is 8.87 Å². The Labute approximate surface area is 153 Å². The van der Waals surface area contributed by atoms with Gasteiger partial charge in [-0.2, -0.15) is 4.31 Å². The Kier molecular flexibility index (Phi) is 4.10. The third-order valence-corrected chi connectivity index (χ3v) is 6.82. The molecule has 1 heterocycles. The lowest BCUT2D eigenvalue weighted by molar-refractivity contribution is 0.116. The molecule has 0 amide bonds.